The van der Waals surface area contributed by atoms with Gasteiger partial charge in [0.2, 0.25) is 0 Å². The summed E-state index contributed by atoms with van der Waals surface area (Å²) < 4.78 is 44.4. The molecule has 146 valence electrons. The Morgan fingerprint density at radius 2 is 1.93 bits per heavy atom. The molecule has 0 radical (unpaired) electrons. The van der Waals surface area contributed by atoms with E-state index < -0.39 is 17.8 Å². The van der Waals surface area contributed by atoms with E-state index in [1.165, 1.54) is 18.2 Å². The second kappa shape index (κ2) is 8.73. The molecule has 1 aromatic carbocycles. The molecule has 0 spiro atoms. The highest BCUT2D eigenvalue weighted by Gasteiger charge is 2.34. The van der Waals surface area contributed by atoms with Gasteiger partial charge in [-0.1, -0.05) is 12.1 Å². The number of nitrogens with zero attached hydrogens (tertiary/aromatic N) is 1. The molecule has 0 atom stereocenters. The minimum Gasteiger partial charge on any atom is -0.468 e. The van der Waals surface area contributed by atoms with Gasteiger partial charge in [-0.05, 0) is 48.8 Å². The van der Waals surface area contributed by atoms with Crippen molar-refractivity contribution in [3.63, 3.8) is 0 Å². The largest absolute Gasteiger partial charge is 0.468 e. The molecule has 2 aromatic rings. The third kappa shape index (κ3) is 5.45. The number of carbonyl (C=O) groups excluding carboxylic acids is 1. The number of alkyl halides is 3. The third-order valence-electron chi connectivity index (χ3n) is 4.55. The maximum atomic E-state index is 13.0. The summed E-state index contributed by atoms with van der Waals surface area (Å²) in [6, 6.07) is 8.37. The third-order valence-corrected chi connectivity index (χ3v) is 5.75. The van der Waals surface area contributed by atoms with Gasteiger partial charge in [-0.3, -0.25) is 0 Å². The lowest BCUT2D eigenvalue weighted by Gasteiger charge is -2.32. The van der Waals surface area contributed by atoms with E-state index in [-0.39, 0.29) is 5.69 Å². The van der Waals surface area contributed by atoms with Crippen LogP contribution in [-0.2, 0) is 11.9 Å². The first kappa shape index (κ1) is 19.7. The van der Waals surface area contributed by atoms with E-state index in [9.17, 15) is 18.0 Å². The van der Waals surface area contributed by atoms with Gasteiger partial charge in [0.15, 0.2) is 0 Å². The molecule has 1 aromatic heterocycles. The van der Waals surface area contributed by atoms with Crippen molar-refractivity contribution in [3.05, 3.63) is 54.0 Å². The number of hydrogen-bond acceptors (Lipinski definition) is 3. The molecule has 2 amide bonds. The number of halogens is 3. The van der Waals surface area contributed by atoms with E-state index in [4.69, 9.17) is 4.42 Å². The number of nitrogens with one attached hydrogen (secondary N) is 1. The van der Waals surface area contributed by atoms with Gasteiger partial charge >= 0.3 is 12.2 Å². The summed E-state index contributed by atoms with van der Waals surface area (Å²) in [4.78, 5) is 13.9. The van der Waals surface area contributed by atoms with Gasteiger partial charge in [-0.25, -0.2) is 4.79 Å². The second-order valence-corrected chi connectivity index (χ2v) is 7.53. The molecule has 0 aliphatic carbocycles. The standard InChI is InChI=1S/C19H21F3N2O2S/c20-19(21,22)16-5-1-2-6-17(16)23-18(25)24-9-7-14(8-10-24)12-27-13-15-4-3-11-26-15/h1-6,11,14H,7-10,12-13H2,(H,23,25). The number of urea groups is 1. The Balaban J connectivity index is 1.46. The van der Waals surface area contributed by atoms with Gasteiger partial charge in [0.05, 0.1) is 23.3 Å². The van der Waals surface area contributed by atoms with Gasteiger partial charge in [0.1, 0.15) is 5.76 Å². The van der Waals surface area contributed by atoms with Crippen LogP contribution in [0.4, 0.5) is 23.7 Å². The molecule has 0 saturated carbocycles. The lowest BCUT2D eigenvalue weighted by molar-refractivity contribution is -0.136. The minimum absolute atomic E-state index is 0.203. The highest BCUT2D eigenvalue weighted by Crippen LogP contribution is 2.34. The summed E-state index contributed by atoms with van der Waals surface area (Å²) in [5, 5.41) is 2.41. The summed E-state index contributed by atoms with van der Waals surface area (Å²) in [6.07, 6.45) is -1.15. The average molecular weight is 398 g/mol. The van der Waals surface area contributed by atoms with Gasteiger partial charge in [-0.15, -0.1) is 0 Å². The first-order chi connectivity index (χ1) is 12.9. The SMILES string of the molecule is O=C(Nc1ccccc1C(F)(F)F)N1CCC(CSCc2ccco2)CC1. The lowest BCUT2D eigenvalue weighted by atomic mass is 9.99. The van der Waals surface area contributed by atoms with Crippen molar-refractivity contribution >= 4 is 23.5 Å². The molecular formula is C19H21F3N2O2S. The van der Waals surface area contributed by atoms with E-state index in [0.29, 0.717) is 19.0 Å². The van der Waals surface area contributed by atoms with E-state index in [2.05, 4.69) is 5.32 Å². The first-order valence-corrected chi connectivity index (χ1v) is 9.91. The molecular weight excluding hydrogens is 377 g/mol. The summed E-state index contributed by atoms with van der Waals surface area (Å²) in [5.74, 6) is 3.24. The van der Waals surface area contributed by atoms with Gasteiger partial charge in [0.25, 0.3) is 0 Å². The highest BCUT2D eigenvalue weighted by molar-refractivity contribution is 7.98. The van der Waals surface area contributed by atoms with E-state index in [0.717, 1.165) is 36.2 Å². The number of piperidine rings is 1. The number of likely N-dealkylation sites (tertiary alicyclic amines) is 1. The van der Waals surface area contributed by atoms with Gasteiger partial charge in [-0.2, -0.15) is 24.9 Å². The number of para-hydroxylation sites is 1. The van der Waals surface area contributed by atoms with Crippen LogP contribution in [0.1, 0.15) is 24.2 Å². The fraction of sp³-hybridized carbons (Fsp3) is 0.421. The summed E-state index contributed by atoms with van der Waals surface area (Å²) in [6.45, 7) is 1.10. The molecule has 3 rings (SSSR count). The quantitative estimate of drug-likeness (QED) is 0.726. The molecule has 1 aliphatic rings. The van der Waals surface area contributed by atoms with Crippen LogP contribution in [0.25, 0.3) is 0 Å². The number of thioether (sulfide) groups is 1. The Kier molecular flexibility index (Phi) is 6.36. The summed E-state index contributed by atoms with van der Waals surface area (Å²) in [5.41, 5.74) is -1.03. The smallest absolute Gasteiger partial charge is 0.418 e. The van der Waals surface area contributed by atoms with Crippen LogP contribution in [0.5, 0.6) is 0 Å². The normalized spacial score (nSPS) is 15.7. The topological polar surface area (TPSA) is 45.5 Å². The van der Waals surface area contributed by atoms with Crippen molar-refractivity contribution in [3.8, 4) is 0 Å². The van der Waals surface area contributed by atoms with Crippen LogP contribution in [0, 0.1) is 5.92 Å². The van der Waals surface area contributed by atoms with Crippen molar-refractivity contribution < 1.29 is 22.4 Å². The number of amides is 2. The Morgan fingerprint density at radius 1 is 1.19 bits per heavy atom. The van der Waals surface area contributed by atoms with Crippen molar-refractivity contribution in [2.45, 2.75) is 24.8 Å². The predicted octanol–water partition coefficient (Wildman–Crippen LogP) is 5.48. The second-order valence-electron chi connectivity index (χ2n) is 6.50. The van der Waals surface area contributed by atoms with E-state index in [1.807, 2.05) is 12.1 Å². The van der Waals surface area contributed by atoms with Crippen molar-refractivity contribution in [2.75, 3.05) is 24.2 Å². The molecule has 1 aliphatic heterocycles. The zero-order valence-corrected chi connectivity index (χ0v) is 15.5. The number of anilines is 1. The van der Waals surface area contributed by atoms with Crippen LogP contribution in [-0.4, -0.2) is 29.8 Å². The zero-order chi connectivity index (χ0) is 19.3. The Labute approximate surface area is 160 Å². The molecule has 4 nitrogen and oxygen atoms in total. The Bertz CT molecular complexity index is 742. The van der Waals surface area contributed by atoms with Gasteiger partial charge < -0.3 is 14.6 Å². The Hall–Kier alpha value is -2.09. The molecule has 1 saturated heterocycles. The van der Waals surface area contributed by atoms with Crippen LogP contribution >= 0.6 is 11.8 Å². The lowest BCUT2D eigenvalue weighted by Crippen LogP contribution is -2.41. The van der Waals surface area contributed by atoms with Crippen LogP contribution in [0.15, 0.2) is 47.1 Å². The monoisotopic (exact) mass is 398 g/mol. The summed E-state index contributed by atoms with van der Waals surface area (Å²) >= 11 is 1.80. The molecule has 8 heteroatoms. The molecule has 2 heterocycles. The molecule has 0 bridgehead atoms. The average Bonchev–Trinajstić information content (AvgIpc) is 3.15. The van der Waals surface area contributed by atoms with Crippen LogP contribution in [0.3, 0.4) is 0 Å². The fourth-order valence-corrected chi connectivity index (χ4v) is 4.21. The maximum Gasteiger partial charge on any atom is 0.418 e. The number of hydrogen-bond donors (Lipinski definition) is 1. The predicted molar refractivity (Wildman–Crippen MR) is 99.6 cm³/mol. The fourth-order valence-electron chi connectivity index (χ4n) is 3.06. The molecule has 0 unspecified atom stereocenters. The van der Waals surface area contributed by atoms with Crippen LogP contribution in [0.2, 0.25) is 0 Å². The minimum atomic E-state index is -4.50. The van der Waals surface area contributed by atoms with Crippen LogP contribution < -0.4 is 5.32 Å². The first-order valence-electron chi connectivity index (χ1n) is 8.76. The number of furan rings is 1. The number of benzene rings is 1. The Morgan fingerprint density at radius 3 is 2.59 bits per heavy atom. The number of rotatable bonds is 5. The zero-order valence-electron chi connectivity index (χ0n) is 14.7. The van der Waals surface area contributed by atoms with E-state index >= 15 is 0 Å². The highest BCUT2D eigenvalue weighted by atomic mass is 32.2. The summed E-state index contributed by atoms with van der Waals surface area (Å²) in [7, 11) is 0. The van der Waals surface area contributed by atoms with E-state index in [1.54, 1.807) is 22.9 Å². The van der Waals surface area contributed by atoms with Crippen molar-refractivity contribution in [2.24, 2.45) is 5.92 Å². The molecule has 27 heavy (non-hydrogen) atoms. The molecule has 1 fully saturated rings. The van der Waals surface area contributed by atoms with Gasteiger partial charge in [0, 0.05) is 13.1 Å². The van der Waals surface area contributed by atoms with Crippen molar-refractivity contribution in [1.82, 2.24) is 4.90 Å². The van der Waals surface area contributed by atoms with Crippen molar-refractivity contribution in [1.29, 1.82) is 0 Å². The maximum absolute atomic E-state index is 13.0. The number of carbonyl (C=O) groups is 1. The molecule has 1 N–H and O–H groups in total.